The minimum Gasteiger partial charge on any atom is -0.355 e. The molecule has 1 amide bonds. The molecule has 0 atom stereocenters. The second-order valence-electron chi connectivity index (χ2n) is 4.40. The normalized spacial score (nSPS) is 10.8. The zero-order chi connectivity index (χ0) is 14.6. The van der Waals surface area contributed by atoms with E-state index in [-0.39, 0.29) is 5.91 Å². The minimum absolute atomic E-state index is 0.0466. The zero-order valence-corrected chi connectivity index (χ0v) is 13.2. The lowest BCUT2D eigenvalue weighted by Gasteiger charge is -2.17. The Bertz CT molecular complexity index is 371. The predicted molar refractivity (Wildman–Crippen MR) is 82.8 cm³/mol. The lowest BCUT2D eigenvalue weighted by atomic mass is 10.3. The molecule has 112 valence electrons. The second kappa shape index (κ2) is 10.6. The Hall–Kier alpha value is -1.14. The number of hydrogen-bond donors (Lipinski definition) is 1. The highest BCUT2D eigenvalue weighted by molar-refractivity contribution is 7.99. The average Bonchev–Trinajstić information content (AvgIpc) is 2.50. The van der Waals surface area contributed by atoms with Crippen molar-refractivity contribution >= 4 is 17.7 Å². The van der Waals surface area contributed by atoms with Gasteiger partial charge in [0.25, 0.3) is 0 Å². The van der Waals surface area contributed by atoms with Gasteiger partial charge in [-0.15, -0.1) is 0 Å². The highest BCUT2D eigenvalue weighted by Crippen LogP contribution is 2.09. The van der Waals surface area contributed by atoms with Crippen molar-refractivity contribution in [3.63, 3.8) is 0 Å². The summed E-state index contributed by atoms with van der Waals surface area (Å²) in [7, 11) is 0. The summed E-state index contributed by atoms with van der Waals surface area (Å²) in [5.41, 5.74) is 0. The topological polar surface area (TPSA) is 58.1 Å². The van der Waals surface area contributed by atoms with E-state index in [4.69, 9.17) is 0 Å². The number of nitrogens with zero attached hydrogens (tertiary/aromatic N) is 3. The monoisotopic (exact) mass is 296 g/mol. The number of nitrogens with one attached hydrogen (secondary N) is 1. The van der Waals surface area contributed by atoms with Crippen LogP contribution in [-0.2, 0) is 4.79 Å². The van der Waals surface area contributed by atoms with Crippen molar-refractivity contribution in [1.82, 2.24) is 20.2 Å². The fourth-order valence-electron chi connectivity index (χ4n) is 1.77. The second-order valence-corrected chi connectivity index (χ2v) is 5.35. The van der Waals surface area contributed by atoms with E-state index < -0.39 is 0 Å². The number of carbonyl (C=O) groups is 1. The zero-order valence-electron chi connectivity index (χ0n) is 12.3. The molecule has 0 spiro atoms. The van der Waals surface area contributed by atoms with Crippen molar-refractivity contribution in [3.8, 4) is 0 Å². The van der Waals surface area contributed by atoms with Crippen LogP contribution in [0.15, 0.2) is 23.6 Å². The summed E-state index contributed by atoms with van der Waals surface area (Å²) >= 11 is 1.36. The predicted octanol–water partition coefficient (Wildman–Crippen LogP) is 1.81. The molecule has 1 rings (SSSR count). The molecule has 1 aromatic rings. The molecule has 0 aliphatic heterocycles. The van der Waals surface area contributed by atoms with Crippen molar-refractivity contribution < 1.29 is 4.79 Å². The van der Waals surface area contributed by atoms with Gasteiger partial charge in [0.15, 0.2) is 5.16 Å². The molecular weight excluding hydrogens is 272 g/mol. The molecule has 0 fully saturated rings. The molecule has 20 heavy (non-hydrogen) atoms. The van der Waals surface area contributed by atoms with E-state index in [1.807, 2.05) is 0 Å². The van der Waals surface area contributed by atoms with Gasteiger partial charge < -0.3 is 10.2 Å². The molecule has 0 radical (unpaired) electrons. The number of hydrogen-bond acceptors (Lipinski definition) is 5. The maximum absolute atomic E-state index is 11.6. The van der Waals surface area contributed by atoms with Crippen LogP contribution in [0.2, 0.25) is 0 Å². The van der Waals surface area contributed by atoms with E-state index >= 15 is 0 Å². The smallest absolute Gasteiger partial charge is 0.230 e. The first kappa shape index (κ1) is 16.9. The lowest BCUT2D eigenvalue weighted by Crippen LogP contribution is -2.28. The molecule has 0 saturated heterocycles. The highest BCUT2D eigenvalue weighted by atomic mass is 32.2. The lowest BCUT2D eigenvalue weighted by molar-refractivity contribution is -0.118. The van der Waals surface area contributed by atoms with Crippen LogP contribution >= 0.6 is 11.8 Å². The van der Waals surface area contributed by atoms with E-state index in [1.165, 1.54) is 11.8 Å². The summed E-state index contributed by atoms with van der Waals surface area (Å²) in [6, 6.07) is 1.76. The molecule has 0 aromatic carbocycles. The first-order valence-corrected chi connectivity index (χ1v) is 8.13. The van der Waals surface area contributed by atoms with E-state index in [1.54, 1.807) is 18.5 Å². The fraction of sp³-hybridized carbons (Fsp3) is 0.643. The Morgan fingerprint density at radius 3 is 2.60 bits per heavy atom. The van der Waals surface area contributed by atoms with Crippen LogP contribution < -0.4 is 5.32 Å². The molecule has 0 saturated carbocycles. The van der Waals surface area contributed by atoms with Gasteiger partial charge >= 0.3 is 0 Å². The number of amides is 1. The van der Waals surface area contributed by atoms with Crippen LogP contribution in [0.5, 0.6) is 0 Å². The summed E-state index contributed by atoms with van der Waals surface area (Å²) in [4.78, 5) is 22.2. The van der Waals surface area contributed by atoms with Gasteiger partial charge in [-0.05, 0) is 38.5 Å². The van der Waals surface area contributed by atoms with Gasteiger partial charge in [0.05, 0.1) is 5.75 Å². The standard InChI is InChI=1S/C14H24N4OS/c1-3-18(4-2)11-6-5-8-15-13(19)12-20-14-16-9-7-10-17-14/h7,9-10H,3-6,8,11-12H2,1-2H3,(H,15,19). The molecule has 0 aliphatic carbocycles. The fourth-order valence-corrected chi connectivity index (χ4v) is 2.40. The molecule has 0 bridgehead atoms. The van der Waals surface area contributed by atoms with Crippen molar-refractivity contribution in [3.05, 3.63) is 18.5 Å². The van der Waals surface area contributed by atoms with Gasteiger partial charge in [0.2, 0.25) is 5.91 Å². The number of unbranched alkanes of at least 4 members (excludes halogenated alkanes) is 1. The van der Waals surface area contributed by atoms with Crippen molar-refractivity contribution in [2.75, 3.05) is 31.9 Å². The number of thioether (sulfide) groups is 1. The van der Waals surface area contributed by atoms with Crippen molar-refractivity contribution in [1.29, 1.82) is 0 Å². The first-order chi connectivity index (χ1) is 9.76. The maximum Gasteiger partial charge on any atom is 0.230 e. The third kappa shape index (κ3) is 7.45. The molecule has 1 N–H and O–H groups in total. The molecule has 1 aromatic heterocycles. The van der Waals surface area contributed by atoms with Crippen LogP contribution in [0.1, 0.15) is 26.7 Å². The molecule has 0 aliphatic rings. The minimum atomic E-state index is 0.0466. The Morgan fingerprint density at radius 2 is 1.95 bits per heavy atom. The average molecular weight is 296 g/mol. The van der Waals surface area contributed by atoms with E-state index in [0.29, 0.717) is 10.9 Å². The number of aromatic nitrogens is 2. The largest absolute Gasteiger partial charge is 0.355 e. The van der Waals surface area contributed by atoms with Crippen LogP contribution in [0, 0.1) is 0 Å². The van der Waals surface area contributed by atoms with Gasteiger partial charge in [-0.3, -0.25) is 4.79 Å². The van der Waals surface area contributed by atoms with Crippen LogP contribution in [0.3, 0.4) is 0 Å². The summed E-state index contributed by atoms with van der Waals surface area (Å²) < 4.78 is 0. The van der Waals surface area contributed by atoms with Gasteiger partial charge in [0, 0.05) is 18.9 Å². The molecule has 0 unspecified atom stereocenters. The Morgan fingerprint density at radius 1 is 1.25 bits per heavy atom. The highest BCUT2D eigenvalue weighted by Gasteiger charge is 2.04. The summed E-state index contributed by atoms with van der Waals surface area (Å²) in [6.45, 7) is 8.39. The first-order valence-electron chi connectivity index (χ1n) is 7.15. The summed E-state index contributed by atoms with van der Waals surface area (Å²) in [5.74, 6) is 0.422. The van der Waals surface area contributed by atoms with E-state index in [0.717, 1.165) is 39.0 Å². The number of carbonyl (C=O) groups excluding carboxylic acids is 1. The van der Waals surface area contributed by atoms with Crippen LogP contribution in [0.4, 0.5) is 0 Å². The Balaban J connectivity index is 2.03. The van der Waals surface area contributed by atoms with Crippen molar-refractivity contribution in [2.45, 2.75) is 31.8 Å². The van der Waals surface area contributed by atoms with Gasteiger partial charge in [-0.2, -0.15) is 0 Å². The van der Waals surface area contributed by atoms with Gasteiger partial charge in [-0.25, -0.2) is 9.97 Å². The van der Waals surface area contributed by atoms with E-state index in [2.05, 4.69) is 34.0 Å². The quantitative estimate of drug-likeness (QED) is 0.405. The maximum atomic E-state index is 11.6. The van der Waals surface area contributed by atoms with Crippen LogP contribution in [-0.4, -0.2) is 52.7 Å². The number of rotatable bonds is 10. The summed E-state index contributed by atoms with van der Waals surface area (Å²) in [5, 5.41) is 3.57. The molecular formula is C14H24N4OS. The summed E-state index contributed by atoms with van der Waals surface area (Å²) in [6.07, 6.45) is 5.51. The van der Waals surface area contributed by atoms with Crippen LogP contribution in [0.25, 0.3) is 0 Å². The third-order valence-electron chi connectivity index (χ3n) is 2.99. The Labute approximate surface area is 125 Å². The molecule has 1 heterocycles. The molecule has 5 nitrogen and oxygen atoms in total. The SMILES string of the molecule is CCN(CC)CCCCNC(=O)CSc1ncccn1. The van der Waals surface area contributed by atoms with E-state index in [9.17, 15) is 4.79 Å². The van der Waals surface area contributed by atoms with Crippen molar-refractivity contribution in [2.24, 2.45) is 0 Å². The van der Waals surface area contributed by atoms with Gasteiger partial charge in [-0.1, -0.05) is 25.6 Å². The third-order valence-corrected chi connectivity index (χ3v) is 3.87. The molecule has 6 heteroatoms. The Kier molecular flexibility index (Phi) is 8.98. The van der Waals surface area contributed by atoms with Gasteiger partial charge in [0.1, 0.15) is 0 Å².